The minimum Gasteiger partial charge on any atom is -0.376 e. The van der Waals surface area contributed by atoms with Gasteiger partial charge in [0.1, 0.15) is 5.82 Å². The molecule has 1 aliphatic heterocycles. The number of benzene rings is 3. The zero-order valence-electron chi connectivity index (χ0n) is 19.3. The molecule has 0 unspecified atom stereocenters. The van der Waals surface area contributed by atoms with Crippen LogP contribution in [0.2, 0.25) is 0 Å². The van der Waals surface area contributed by atoms with Gasteiger partial charge in [0, 0.05) is 24.4 Å². The molecule has 1 fully saturated rings. The van der Waals surface area contributed by atoms with E-state index in [1.54, 1.807) is 11.0 Å². The predicted octanol–water partition coefficient (Wildman–Crippen LogP) is 4.82. The van der Waals surface area contributed by atoms with Crippen molar-refractivity contribution in [1.82, 2.24) is 5.32 Å². The number of hydrogen-bond donors (Lipinski definition) is 1. The lowest BCUT2D eigenvalue weighted by Gasteiger charge is -2.24. The molecule has 1 saturated heterocycles. The van der Waals surface area contributed by atoms with Crippen LogP contribution in [0, 0.1) is 12.7 Å². The average Bonchev–Trinajstić information content (AvgIpc) is 3.36. The molecule has 34 heavy (non-hydrogen) atoms. The van der Waals surface area contributed by atoms with Crippen LogP contribution in [0.15, 0.2) is 72.8 Å². The predicted molar refractivity (Wildman–Crippen MR) is 130 cm³/mol. The van der Waals surface area contributed by atoms with E-state index in [9.17, 15) is 14.0 Å². The lowest BCUT2D eigenvalue weighted by molar-refractivity contribution is -0.120. The maximum Gasteiger partial charge on any atom is 0.258 e. The number of ether oxygens (including phenoxy) is 1. The molecule has 0 saturated carbocycles. The van der Waals surface area contributed by atoms with E-state index >= 15 is 0 Å². The number of rotatable bonds is 8. The third-order valence-corrected chi connectivity index (χ3v) is 5.94. The first kappa shape index (κ1) is 23.6. The van der Waals surface area contributed by atoms with Crippen molar-refractivity contribution in [2.24, 2.45) is 0 Å². The molecule has 3 aromatic rings. The van der Waals surface area contributed by atoms with Crippen LogP contribution in [0.5, 0.6) is 0 Å². The molecule has 4 rings (SSSR count). The fraction of sp³-hybridized carbons (Fsp3) is 0.286. The van der Waals surface area contributed by atoms with Gasteiger partial charge in [-0.2, -0.15) is 0 Å². The number of nitrogens with zero attached hydrogens (tertiary/aromatic N) is 1. The van der Waals surface area contributed by atoms with Gasteiger partial charge in [0.2, 0.25) is 5.91 Å². The van der Waals surface area contributed by atoms with Crippen molar-refractivity contribution in [1.29, 1.82) is 0 Å². The van der Waals surface area contributed by atoms with E-state index in [1.165, 1.54) is 18.2 Å². The Bertz CT molecular complexity index is 1120. The second kappa shape index (κ2) is 11.1. The molecule has 1 heterocycles. The van der Waals surface area contributed by atoms with Crippen molar-refractivity contribution in [3.63, 3.8) is 0 Å². The van der Waals surface area contributed by atoms with E-state index in [1.807, 2.05) is 55.5 Å². The lowest BCUT2D eigenvalue weighted by atomic mass is 10.1. The van der Waals surface area contributed by atoms with E-state index in [0.29, 0.717) is 18.8 Å². The minimum atomic E-state index is -0.453. The maximum absolute atomic E-state index is 13.8. The summed E-state index contributed by atoms with van der Waals surface area (Å²) in [5.41, 5.74) is 3.91. The van der Waals surface area contributed by atoms with Gasteiger partial charge in [0.05, 0.1) is 19.1 Å². The van der Waals surface area contributed by atoms with Crippen LogP contribution in [-0.4, -0.2) is 31.1 Å². The number of amides is 2. The molecule has 0 aromatic heterocycles. The van der Waals surface area contributed by atoms with E-state index in [2.05, 4.69) is 5.32 Å². The zero-order chi connectivity index (χ0) is 23.9. The second-order valence-corrected chi connectivity index (χ2v) is 8.67. The first-order valence-corrected chi connectivity index (χ1v) is 11.6. The SMILES string of the molecule is Cc1ccc(CN(C(=O)c2cccc(F)c2)c2ccc(CC(=O)NC[C@@H]3CCCO3)cc2)cc1. The third-order valence-electron chi connectivity index (χ3n) is 5.94. The van der Waals surface area contributed by atoms with Crippen molar-refractivity contribution in [2.75, 3.05) is 18.1 Å². The molecule has 1 atom stereocenters. The normalized spacial score (nSPS) is 15.2. The molecular weight excluding hydrogens is 431 g/mol. The standard InChI is InChI=1S/C28H29FN2O3/c1-20-7-9-22(10-8-20)19-31(28(33)23-4-2-5-24(29)17-23)25-13-11-21(12-14-25)16-27(32)30-18-26-6-3-15-34-26/h2,4-5,7-14,17,26H,3,6,15-16,18-19H2,1H3,(H,30,32)/t26-/m0/s1. The molecule has 176 valence electrons. The number of carbonyl (C=O) groups excluding carboxylic acids is 2. The second-order valence-electron chi connectivity index (χ2n) is 8.67. The molecule has 5 nitrogen and oxygen atoms in total. The Morgan fingerprint density at radius 2 is 1.76 bits per heavy atom. The molecule has 0 aliphatic carbocycles. The fourth-order valence-corrected chi connectivity index (χ4v) is 4.01. The van der Waals surface area contributed by atoms with Crippen LogP contribution in [0.3, 0.4) is 0 Å². The van der Waals surface area contributed by atoms with Gasteiger partial charge in [0.25, 0.3) is 5.91 Å². The molecule has 6 heteroatoms. The van der Waals surface area contributed by atoms with Crippen LogP contribution in [0.4, 0.5) is 10.1 Å². The van der Waals surface area contributed by atoms with E-state index in [4.69, 9.17) is 4.74 Å². The smallest absolute Gasteiger partial charge is 0.258 e. The summed E-state index contributed by atoms with van der Waals surface area (Å²) in [5.74, 6) is -0.803. The molecular formula is C28H29FN2O3. The van der Waals surface area contributed by atoms with Gasteiger partial charge in [-0.1, -0.05) is 48.0 Å². The number of halogens is 1. The van der Waals surface area contributed by atoms with Crippen LogP contribution >= 0.6 is 0 Å². The molecule has 0 bridgehead atoms. The largest absolute Gasteiger partial charge is 0.376 e. The summed E-state index contributed by atoms with van der Waals surface area (Å²) in [7, 11) is 0. The molecule has 1 aliphatic rings. The highest BCUT2D eigenvalue weighted by Gasteiger charge is 2.20. The summed E-state index contributed by atoms with van der Waals surface area (Å²) >= 11 is 0. The monoisotopic (exact) mass is 460 g/mol. The quantitative estimate of drug-likeness (QED) is 0.524. The average molecular weight is 461 g/mol. The third kappa shape index (κ3) is 6.29. The first-order chi connectivity index (χ1) is 16.5. The van der Waals surface area contributed by atoms with Crippen molar-refractivity contribution < 1.29 is 18.7 Å². The molecule has 2 amide bonds. The Morgan fingerprint density at radius 3 is 2.44 bits per heavy atom. The van der Waals surface area contributed by atoms with Crippen molar-refractivity contribution in [2.45, 2.75) is 38.8 Å². The topological polar surface area (TPSA) is 58.6 Å². The number of carbonyl (C=O) groups is 2. The van der Waals surface area contributed by atoms with E-state index < -0.39 is 5.82 Å². The van der Waals surface area contributed by atoms with Gasteiger partial charge in [-0.15, -0.1) is 0 Å². The molecule has 0 radical (unpaired) electrons. The van der Waals surface area contributed by atoms with Gasteiger partial charge in [-0.25, -0.2) is 4.39 Å². The van der Waals surface area contributed by atoms with Crippen molar-refractivity contribution >= 4 is 17.5 Å². The van der Waals surface area contributed by atoms with Gasteiger partial charge < -0.3 is 15.0 Å². The number of anilines is 1. The highest BCUT2D eigenvalue weighted by atomic mass is 19.1. The highest BCUT2D eigenvalue weighted by molar-refractivity contribution is 6.06. The fourth-order valence-electron chi connectivity index (χ4n) is 4.01. The summed E-state index contributed by atoms with van der Waals surface area (Å²) < 4.78 is 19.3. The van der Waals surface area contributed by atoms with Crippen molar-refractivity contribution in [3.8, 4) is 0 Å². The molecule has 3 aromatic carbocycles. The summed E-state index contributed by atoms with van der Waals surface area (Å²) in [6.07, 6.45) is 2.37. The summed E-state index contributed by atoms with van der Waals surface area (Å²) in [6, 6.07) is 21.0. The highest BCUT2D eigenvalue weighted by Crippen LogP contribution is 2.22. The van der Waals surface area contributed by atoms with Crippen LogP contribution in [0.25, 0.3) is 0 Å². The van der Waals surface area contributed by atoms with Crippen LogP contribution in [-0.2, 0) is 22.5 Å². The maximum atomic E-state index is 13.8. The number of hydrogen-bond acceptors (Lipinski definition) is 3. The molecule has 0 spiro atoms. The zero-order valence-corrected chi connectivity index (χ0v) is 19.3. The Hall–Kier alpha value is -3.51. The van der Waals surface area contributed by atoms with Crippen molar-refractivity contribution in [3.05, 3.63) is 101 Å². The van der Waals surface area contributed by atoms with Gasteiger partial charge >= 0.3 is 0 Å². The Labute approximate surface area is 199 Å². The van der Waals surface area contributed by atoms with Crippen LogP contribution in [0.1, 0.15) is 39.9 Å². The minimum absolute atomic E-state index is 0.0596. The van der Waals surface area contributed by atoms with Gasteiger partial charge in [0.15, 0.2) is 0 Å². The van der Waals surface area contributed by atoms with E-state index in [0.717, 1.165) is 36.1 Å². The Kier molecular flexibility index (Phi) is 7.70. The summed E-state index contributed by atoms with van der Waals surface area (Å²) in [4.78, 5) is 27.3. The lowest BCUT2D eigenvalue weighted by Crippen LogP contribution is -2.32. The first-order valence-electron chi connectivity index (χ1n) is 11.6. The van der Waals surface area contributed by atoms with E-state index in [-0.39, 0.29) is 29.9 Å². The van der Waals surface area contributed by atoms with Crippen LogP contribution < -0.4 is 10.2 Å². The molecule has 1 N–H and O–H groups in total. The number of aryl methyl sites for hydroxylation is 1. The summed E-state index contributed by atoms with van der Waals surface area (Å²) in [5, 5.41) is 2.93. The Balaban J connectivity index is 1.49. The number of nitrogens with one attached hydrogen (secondary N) is 1. The Morgan fingerprint density at radius 1 is 1.03 bits per heavy atom. The summed E-state index contributed by atoms with van der Waals surface area (Å²) in [6.45, 7) is 3.64. The van der Waals surface area contributed by atoms with Gasteiger partial charge in [-0.3, -0.25) is 9.59 Å². The van der Waals surface area contributed by atoms with Gasteiger partial charge in [-0.05, 0) is 61.2 Å².